The summed E-state index contributed by atoms with van der Waals surface area (Å²) < 4.78 is 5.79. The molecule has 0 aliphatic carbocycles. The van der Waals surface area contributed by atoms with Crippen LogP contribution in [0.5, 0.6) is 5.75 Å². The fourth-order valence-corrected chi connectivity index (χ4v) is 3.52. The van der Waals surface area contributed by atoms with Gasteiger partial charge in [-0.15, -0.1) is 0 Å². The van der Waals surface area contributed by atoms with Crippen molar-refractivity contribution in [1.82, 2.24) is 4.98 Å². The highest BCUT2D eigenvalue weighted by molar-refractivity contribution is 6.05. The number of aryl methyl sites for hydroxylation is 1. The Morgan fingerprint density at radius 1 is 0.912 bits per heavy atom. The van der Waals surface area contributed by atoms with Crippen LogP contribution in [0.15, 0.2) is 91.1 Å². The Bertz CT molecular complexity index is 1300. The molecule has 6 heteroatoms. The minimum absolute atomic E-state index is 0.137. The van der Waals surface area contributed by atoms with Crippen LogP contribution in [0.1, 0.15) is 32.0 Å². The van der Waals surface area contributed by atoms with Gasteiger partial charge in [-0.1, -0.05) is 42.5 Å². The molecule has 3 aromatic carbocycles. The lowest BCUT2D eigenvalue weighted by Gasteiger charge is -2.10. The Labute approximate surface area is 197 Å². The Morgan fingerprint density at radius 2 is 1.68 bits per heavy atom. The fourth-order valence-electron chi connectivity index (χ4n) is 3.52. The standard InChI is InChI=1S/C28H24N2O4/c1-19-26(28(32)33)17-23(18-29-19)21-8-5-9-22(16-21)27(31)30-24-10-12-25(13-11-24)34-15-14-20-6-3-2-4-7-20/h2-13,16-18H,14-15H2,1H3,(H,30,31)(H,32,33). The number of nitrogens with zero attached hydrogens (tertiary/aromatic N) is 1. The number of anilines is 1. The average Bonchev–Trinajstić information content (AvgIpc) is 2.86. The van der Waals surface area contributed by atoms with Crippen LogP contribution in [-0.4, -0.2) is 28.6 Å². The highest BCUT2D eigenvalue weighted by atomic mass is 16.5. The van der Waals surface area contributed by atoms with Crippen LogP contribution in [-0.2, 0) is 6.42 Å². The van der Waals surface area contributed by atoms with Gasteiger partial charge >= 0.3 is 5.97 Å². The first-order valence-electron chi connectivity index (χ1n) is 10.9. The van der Waals surface area contributed by atoms with Gasteiger partial charge in [-0.2, -0.15) is 0 Å². The van der Waals surface area contributed by atoms with E-state index < -0.39 is 5.97 Å². The molecule has 0 unspecified atom stereocenters. The van der Waals surface area contributed by atoms with Crippen molar-refractivity contribution in [3.63, 3.8) is 0 Å². The molecule has 0 aliphatic heterocycles. The van der Waals surface area contributed by atoms with Gasteiger partial charge < -0.3 is 15.2 Å². The summed E-state index contributed by atoms with van der Waals surface area (Å²) in [5.41, 5.74) is 4.25. The van der Waals surface area contributed by atoms with E-state index in [-0.39, 0.29) is 11.5 Å². The Hall–Kier alpha value is -4.45. The highest BCUT2D eigenvalue weighted by Crippen LogP contribution is 2.23. The molecule has 4 rings (SSSR count). The van der Waals surface area contributed by atoms with E-state index in [9.17, 15) is 14.7 Å². The van der Waals surface area contributed by atoms with Crippen LogP contribution in [0.25, 0.3) is 11.1 Å². The number of carboxylic acid groups (broad SMARTS) is 1. The molecule has 0 saturated carbocycles. The number of rotatable bonds is 8. The first-order chi connectivity index (χ1) is 16.5. The Kier molecular flexibility index (Phi) is 6.98. The molecule has 1 amide bonds. The van der Waals surface area contributed by atoms with Crippen molar-refractivity contribution in [3.05, 3.63) is 114 Å². The minimum Gasteiger partial charge on any atom is -0.493 e. The van der Waals surface area contributed by atoms with Gasteiger partial charge in [0.1, 0.15) is 5.75 Å². The normalized spacial score (nSPS) is 10.5. The lowest BCUT2D eigenvalue weighted by atomic mass is 10.0. The molecule has 0 aliphatic rings. The number of aromatic nitrogens is 1. The maximum atomic E-state index is 12.8. The van der Waals surface area contributed by atoms with E-state index in [1.165, 1.54) is 5.56 Å². The molecule has 1 aromatic heterocycles. The molecule has 0 fully saturated rings. The average molecular weight is 453 g/mol. The number of carboxylic acids is 1. The number of ether oxygens (including phenoxy) is 1. The van der Waals surface area contributed by atoms with Crippen molar-refractivity contribution >= 4 is 17.6 Å². The molecular weight excluding hydrogens is 428 g/mol. The second kappa shape index (κ2) is 10.4. The predicted molar refractivity (Wildman–Crippen MR) is 131 cm³/mol. The fraction of sp³-hybridized carbons (Fsp3) is 0.107. The van der Waals surface area contributed by atoms with E-state index in [2.05, 4.69) is 22.4 Å². The van der Waals surface area contributed by atoms with Crippen molar-refractivity contribution < 1.29 is 19.4 Å². The van der Waals surface area contributed by atoms with Crippen molar-refractivity contribution in [2.45, 2.75) is 13.3 Å². The topological polar surface area (TPSA) is 88.5 Å². The summed E-state index contributed by atoms with van der Waals surface area (Å²) in [4.78, 5) is 28.4. The number of nitrogens with one attached hydrogen (secondary N) is 1. The van der Waals surface area contributed by atoms with Crippen molar-refractivity contribution in [2.75, 3.05) is 11.9 Å². The minimum atomic E-state index is -1.03. The van der Waals surface area contributed by atoms with Crippen molar-refractivity contribution in [2.24, 2.45) is 0 Å². The lowest BCUT2D eigenvalue weighted by Crippen LogP contribution is -2.12. The first-order valence-corrected chi connectivity index (χ1v) is 10.9. The third kappa shape index (κ3) is 5.66. The van der Waals surface area contributed by atoms with Gasteiger partial charge in [0.15, 0.2) is 0 Å². The molecule has 34 heavy (non-hydrogen) atoms. The van der Waals surface area contributed by atoms with E-state index in [1.807, 2.05) is 36.4 Å². The summed E-state index contributed by atoms with van der Waals surface area (Å²) in [6, 6.07) is 25.9. The Morgan fingerprint density at radius 3 is 2.41 bits per heavy atom. The van der Waals surface area contributed by atoms with Gasteiger partial charge in [-0.05, 0) is 60.5 Å². The molecule has 0 atom stereocenters. The summed E-state index contributed by atoms with van der Waals surface area (Å²) in [6.45, 7) is 2.22. The molecule has 4 aromatic rings. The van der Waals surface area contributed by atoms with E-state index in [1.54, 1.807) is 49.5 Å². The van der Waals surface area contributed by atoms with Crippen LogP contribution in [0.2, 0.25) is 0 Å². The van der Waals surface area contributed by atoms with Gasteiger partial charge in [0.2, 0.25) is 0 Å². The summed E-state index contributed by atoms with van der Waals surface area (Å²) >= 11 is 0. The second-order valence-corrected chi connectivity index (χ2v) is 7.81. The zero-order valence-corrected chi connectivity index (χ0v) is 18.7. The van der Waals surface area contributed by atoms with Crippen LogP contribution >= 0.6 is 0 Å². The summed E-state index contributed by atoms with van der Waals surface area (Å²) in [7, 11) is 0. The third-order valence-corrected chi connectivity index (χ3v) is 5.39. The second-order valence-electron chi connectivity index (χ2n) is 7.81. The zero-order chi connectivity index (χ0) is 23.9. The van der Waals surface area contributed by atoms with Gasteiger partial charge in [0.05, 0.1) is 17.9 Å². The first kappa shape index (κ1) is 22.7. The number of carbonyl (C=O) groups is 2. The molecule has 170 valence electrons. The quantitative estimate of drug-likeness (QED) is 0.362. The smallest absolute Gasteiger partial charge is 0.337 e. The summed E-state index contributed by atoms with van der Waals surface area (Å²) in [5, 5.41) is 12.2. The predicted octanol–water partition coefficient (Wildman–Crippen LogP) is 5.63. The third-order valence-electron chi connectivity index (χ3n) is 5.39. The van der Waals surface area contributed by atoms with Crippen molar-refractivity contribution in [1.29, 1.82) is 0 Å². The molecule has 0 saturated heterocycles. The number of pyridine rings is 1. The van der Waals surface area contributed by atoms with E-state index in [0.717, 1.165) is 12.2 Å². The van der Waals surface area contributed by atoms with Crippen LogP contribution in [0, 0.1) is 6.92 Å². The number of hydrogen-bond donors (Lipinski definition) is 2. The maximum absolute atomic E-state index is 12.8. The van der Waals surface area contributed by atoms with E-state index in [0.29, 0.717) is 34.7 Å². The monoisotopic (exact) mass is 452 g/mol. The SMILES string of the molecule is Cc1ncc(-c2cccc(C(=O)Nc3ccc(OCCc4ccccc4)cc3)c2)cc1C(=O)O. The Balaban J connectivity index is 1.39. The number of amides is 1. The molecular formula is C28H24N2O4. The number of aromatic carboxylic acids is 1. The van der Waals surface area contributed by atoms with E-state index in [4.69, 9.17) is 4.74 Å². The molecule has 0 spiro atoms. The van der Waals surface area contributed by atoms with Crippen molar-refractivity contribution in [3.8, 4) is 16.9 Å². The molecule has 2 N–H and O–H groups in total. The summed E-state index contributed by atoms with van der Waals surface area (Å²) in [5.74, 6) is -0.566. The maximum Gasteiger partial charge on any atom is 0.337 e. The van der Waals surface area contributed by atoms with Crippen LogP contribution in [0.4, 0.5) is 5.69 Å². The molecule has 0 radical (unpaired) electrons. The lowest BCUT2D eigenvalue weighted by molar-refractivity contribution is 0.0695. The molecule has 0 bridgehead atoms. The number of benzene rings is 3. The number of carbonyl (C=O) groups excluding carboxylic acids is 1. The highest BCUT2D eigenvalue weighted by Gasteiger charge is 2.12. The van der Waals surface area contributed by atoms with Gasteiger partial charge in [0, 0.05) is 29.4 Å². The van der Waals surface area contributed by atoms with Crippen LogP contribution < -0.4 is 10.1 Å². The molecule has 1 heterocycles. The molecule has 6 nitrogen and oxygen atoms in total. The zero-order valence-electron chi connectivity index (χ0n) is 18.7. The number of hydrogen-bond acceptors (Lipinski definition) is 4. The van der Waals surface area contributed by atoms with Gasteiger partial charge in [-0.3, -0.25) is 9.78 Å². The summed E-state index contributed by atoms with van der Waals surface area (Å²) in [6.07, 6.45) is 2.43. The van der Waals surface area contributed by atoms with Gasteiger partial charge in [0.25, 0.3) is 5.91 Å². The van der Waals surface area contributed by atoms with E-state index >= 15 is 0 Å². The largest absolute Gasteiger partial charge is 0.493 e. The van der Waals surface area contributed by atoms with Gasteiger partial charge in [-0.25, -0.2) is 4.79 Å². The van der Waals surface area contributed by atoms with Crippen LogP contribution in [0.3, 0.4) is 0 Å².